The molecule has 1 amide bonds. The fourth-order valence-electron chi connectivity index (χ4n) is 3.80. The Morgan fingerprint density at radius 1 is 0.875 bits per heavy atom. The number of amides is 1. The first-order valence-electron chi connectivity index (χ1n) is 9.83. The molecule has 32 heavy (non-hydrogen) atoms. The molecule has 4 rings (SSSR count). The number of aliphatic hydroxyl groups excluding tert-OH is 1. The Labute approximate surface area is 184 Å². The molecular weight excluding hydrogens is 410 g/mol. The largest absolute Gasteiger partial charge is 0.508 e. The lowest BCUT2D eigenvalue weighted by Gasteiger charge is -2.26. The number of carbonyl (C=O) groups excluding carboxylic acids is 2. The summed E-state index contributed by atoms with van der Waals surface area (Å²) in [5.41, 5.74) is 1.33. The van der Waals surface area contributed by atoms with Crippen LogP contribution in [0.5, 0.6) is 17.2 Å². The number of benzene rings is 3. The van der Waals surface area contributed by atoms with Crippen molar-refractivity contribution in [2.45, 2.75) is 6.04 Å². The molecule has 1 saturated heterocycles. The van der Waals surface area contributed by atoms with Crippen LogP contribution < -0.4 is 14.4 Å². The number of hydrogen-bond donors (Lipinski definition) is 2. The zero-order chi connectivity index (χ0) is 22.8. The molecule has 0 saturated carbocycles. The SMILES string of the molecule is COc1ccc(C2/C(=C(\O)c3ccccc3)C(=O)C(=O)N2c2ccc(O)cc2)cc1OC. The maximum Gasteiger partial charge on any atom is 0.300 e. The number of hydrogen-bond acceptors (Lipinski definition) is 6. The van der Waals surface area contributed by atoms with Crippen LogP contribution in [0.3, 0.4) is 0 Å². The van der Waals surface area contributed by atoms with Gasteiger partial charge < -0.3 is 19.7 Å². The highest BCUT2D eigenvalue weighted by Crippen LogP contribution is 2.44. The van der Waals surface area contributed by atoms with Crippen LogP contribution in [0, 0.1) is 0 Å². The number of ether oxygens (including phenoxy) is 2. The molecule has 162 valence electrons. The van der Waals surface area contributed by atoms with E-state index in [1.165, 1.54) is 43.4 Å². The number of phenolic OH excluding ortho intramolecular Hbond substituents is 1. The number of Topliss-reactive ketones (excluding diaryl/α,β-unsaturated/α-hetero) is 1. The zero-order valence-electron chi connectivity index (χ0n) is 17.5. The Hall–Kier alpha value is -4.26. The molecule has 7 nitrogen and oxygen atoms in total. The van der Waals surface area contributed by atoms with E-state index in [1.807, 2.05) is 0 Å². The van der Waals surface area contributed by atoms with Crippen molar-refractivity contribution >= 4 is 23.1 Å². The number of carbonyl (C=O) groups is 2. The fourth-order valence-corrected chi connectivity index (χ4v) is 3.80. The zero-order valence-corrected chi connectivity index (χ0v) is 17.5. The minimum Gasteiger partial charge on any atom is -0.508 e. The van der Waals surface area contributed by atoms with Gasteiger partial charge in [-0.2, -0.15) is 0 Å². The number of ketones is 1. The normalized spacial score (nSPS) is 17.4. The molecule has 1 heterocycles. The molecule has 0 bridgehead atoms. The molecule has 1 aliphatic heterocycles. The summed E-state index contributed by atoms with van der Waals surface area (Å²) in [6.45, 7) is 0. The van der Waals surface area contributed by atoms with E-state index in [9.17, 15) is 19.8 Å². The number of phenols is 1. The average Bonchev–Trinajstić information content (AvgIpc) is 3.09. The quantitative estimate of drug-likeness (QED) is 0.360. The Kier molecular flexibility index (Phi) is 5.55. The molecule has 7 heteroatoms. The first-order chi connectivity index (χ1) is 15.5. The van der Waals surface area contributed by atoms with Gasteiger partial charge in [0.1, 0.15) is 11.5 Å². The van der Waals surface area contributed by atoms with Crippen molar-refractivity contribution in [3.05, 3.63) is 89.5 Å². The third-order valence-electron chi connectivity index (χ3n) is 5.34. The predicted octanol–water partition coefficient (Wildman–Crippen LogP) is 4.04. The number of aliphatic hydroxyl groups is 1. The summed E-state index contributed by atoms with van der Waals surface area (Å²) in [4.78, 5) is 27.5. The third kappa shape index (κ3) is 3.54. The van der Waals surface area contributed by atoms with Crippen molar-refractivity contribution in [2.75, 3.05) is 19.1 Å². The molecular formula is C25H21NO6. The van der Waals surface area contributed by atoms with Gasteiger partial charge in [-0.1, -0.05) is 36.4 Å². The maximum absolute atomic E-state index is 13.1. The topological polar surface area (TPSA) is 96.3 Å². The van der Waals surface area contributed by atoms with Crippen LogP contribution in [0.2, 0.25) is 0 Å². The second-order valence-electron chi connectivity index (χ2n) is 7.17. The number of aromatic hydroxyl groups is 1. The molecule has 0 spiro atoms. The molecule has 0 radical (unpaired) electrons. The second kappa shape index (κ2) is 8.47. The lowest BCUT2D eigenvalue weighted by Crippen LogP contribution is -2.29. The van der Waals surface area contributed by atoms with Crippen molar-refractivity contribution in [1.29, 1.82) is 0 Å². The van der Waals surface area contributed by atoms with E-state index in [1.54, 1.807) is 48.5 Å². The summed E-state index contributed by atoms with van der Waals surface area (Å²) in [7, 11) is 3.00. The minimum absolute atomic E-state index is 0.0253. The van der Waals surface area contributed by atoms with Crippen LogP contribution in [-0.2, 0) is 9.59 Å². The van der Waals surface area contributed by atoms with Crippen molar-refractivity contribution < 1.29 is 29.3 Å². The van der Waals surface area contributed by atoms with Crippen molar-refractivity contribution in [3.8, 4) is 17.2 Å². The van der Waals surface area contributed by atoms with Crippen LogP contribution in [0.1, 0.15) is 17.2 Å². The van der Waals surface area contributed by atoms with E-state index in [0.29, 0.717) is 28.3 Å². The maximum atomic E-state index is 13.1. The van der Waals surface area contributed by atoms with E-state index in [2.05, 4.69) is 0 Å². The summed E-state index contributed by atoms with van der Waals surface area (Å²) >= 11 is 0. The van der Waals surface area contributed by atoms with Gasteiger partial charge in [-0.15, -0.1) is 0 Å². The van der Waals surface area contributed by atoms with Gasteiger partial charge in [0.25, 0.3) is 11.7 Å². The highest BCUT2D eigenvalue weighted by molar-refractivity contribution is 6.51. The van der Waals surface area contributed by atoms with Gasteiger partial charge in [-0.3, -0.25) is 14.5 Å². The molecule has 1 atom stereocenters. The summed E-state index contributed by atoms with van der Waals surface area (Å²) in [5, 5.41) is 20.7. The van der Waals surface area contributed by atoms with Crippen LogP contribution in [0.25, 0.3) is 5.76 Å². The molecule has 3 aromatic rings. The highest BCUT2D eigenvalue weighted by Gasteiger charge is 2.47. The molecule has 3 aromatic carbocycles. The van der Waals surface area contributed by atoms with E-state index in [0.717, 1.165) is 0 Å². The molecule has 0 aliphatic carbocycles. The van der Waals surface area contributed by atoms with E-state index >= 15 is 0 Å². The summed E-state index contributed by atoms with van der Waals surface area (Å²) in [6, 6.07) is 18.6. The Bertz CT molecular complexity index is 1200. The van der Waals surface area contributed by atoms with Gasteiger partial charge in [0, 0.05) is 11.3 Å². The summed E-state index contributed by atoms with van der Waals surface area (Å²) in [5.74, 6) is -0.934. The van der Waals surface area contributed by atoms with Gasteiger partial charge in [0.05, 0.1) is 25.8 Å². The summed E-state index contributed by atoms with van der Waals surface area (Å²) in [6.07, 6.45) is 0. The van der Waals surface area contributed by atoms with Gasteiger partial charge in [-0.25, -0.2) is 0 Å². The molecule has 0 aromatic heterocycles. The number of rotatable bonds is 5. The highest BCUT2D eigenvalue weighted by atomic mass is 16.5. The average molecular weight is 431 g/mol. The van der Waals surface area contributed by atoms with E-state index < -0.39 is 17.7 Å². The van der Waals surface area contributed by atoms with E-state index in [-0.39, 0.29) is 17.1 Å². The van der Waals surface area contributed by atoms with Gasteiger partial charge in [0.15, 0.2) is 11.5 Å². The molecule has 2 N–H and O–H groups in total. The number of nitrogens with zero attached hydrogens (tertiary/aromatic N) is 1. The van der Waals surface area contributed by atoms with Crippen molar-refractivity contribution in [3.63, 3.8) is 0 Å². The van der Waals surface area contributed by atoms with Gasteiger partial charge >= 0.3 is 0 Å². The van der Waals surface area contributed by atoms with Gasteiger partial charge in [0.2, 0.25) is 0 Å². The molecule has 1 fully saturated rings. The van der Waals surface area contributed by atoms with Crippen molar-refractivity contribution in [1.82, 2.24) is 0 Å². The number of anilines is 1. The third-order valence-corrected chi connectivity index (χ3v) is 5.34. The van der Waals surface area contributed by atoms with Crippen LogP contribution in [0.15, 0.2) is 78.4 Å². The molecule has 1 unspecified atom stereocenters. The van der Waals surface area contributed by atoms with Crippen LogP contribution in [0.4, 0.5) is 5.69 Å². The second-order valence-corrected chi connectivity index (χ2v) is 7.17. The monoisotopic (exact) mass is 431 g/mol. The van der Waals surface area contributed by atoms with Crippen molar-refractivity contribution in [2.24, 2.45) is 0 Å². The Morgan fingerprint density at radius 3 is 2.16 bits per heavy atom. The van der Waals surface area contributed by atoms with E-state index in [4.69, 9.17) is 9.47 Å². The standard InChI is InChI=1S/C25H21NO6/c1-31-19-13-8-16(14-20(19)32-2)22-21(23(28)15-6-4-3-5-7-15)24(29)25(30)26(22)17-9-11-18(27)12-10-17/h3-14,22,27-28H,1-2H3/b23-21+. The Morgan fingerprint density at radius 2 is 1.53 bits per heavy atom. The van der Waals surface area contributed by atoms with Crippen LogP contribution >= 0.6 is 0 Å². The molecule has 1 aliphatic rings. The smallest absolute Gasteiger partial charge is 0.300 e. The predicted molar refractivity (Wildman–Crippen MR) is 119 cm³/mol. The van der Waals surface area contributed by atoms with Crippen LogP contribution in [-0.4, -0.2) is 36.1 Å². The first-order valence-corrected chi connectivity index (χ1v) is 9.83. The number of methoxy groups -OCH3 is 2. The fraction of sp³-hybridized carbons (Fsp3) is 0.120. The van der Waals surface area contributed by atoms with Gasteiger partial charge in [-0.05, 0) is 42.0 Å². The lowest BCUT2D eigenvalue weighted by molar-refractivity contribution is -0.132. The summed E-state index contributed by atoms with van der Waals surface area (Å²) < 4.78 is 10.7. The minimum atomic E-state index is -0.917. The Balaban J connectivity index is 1.96. The first kappa shape index (κ1) is 21.0. The lowest BCUT2D eigenvalue weighted by atomic mass is 9.94.